The Morgan fingerprint density at radius 1 is 0.880 bits per heavy atom. The molecular formula is C19H37NNaO4. The summed E-state index contributed by atoms with van der Waals surface area (Å²) in [7, 11) is 0. The first-order valence-electron chi connectivity index (χ1n) is 9.71. The molecule has 0 heterocycles. The van der Waals surface area contributed by atoms with Crippen molar-refractivity contribution in [2.24, 2.45) is 0 Å². The van der Waals surface area contributed by atoms with E-state index in [9.17, 15) is 14.7 Å². The molecule has 0 spiro atoms. The molecule has 0 aliphatic carbocycles. The molecule has 6 heteroatoms. The molecule has 0 fully saturated rings. The van der Waals surface area contributed by atoms with Crippen molar-refractivity contribution in [2.75, 3.05) is 13.2 Å². The van der Waals surface area contributed by atoms with Crippen LogP contribution in [-0.2, 0) is 9.59 Å². The Morgan fingerprint density at radius 2 is 1.40 bits per heavy atom. The van der Waals surface area contributed by atoms with E-state index >= 15 is 0 Å². The summed E-state index contributed by atoms with van der Waals surface area (Å²) in [6, 6.07) is -0.902. The van der Waals surface area contributed by atoms with E-state index in [0.717, 1.165) is 25.7 Å². The number of hydrogen-bond donors (Lipinski definition) is 2. The molecule has 0 aliphatic heterocycles. The third kappa shape index (κ3) is 13.7. The number of aliphatic hydroxyl groups is 1. The Kier molecular flexibility index (Phi) is 20.3. The van der Waals surface area contributed by atoms with Gasteiger partial charge in [-0.05, 0) is 12.8 Å². The second kappa shape index (κ2) is 18.7. The average Bonchev–Trinajstić information content (AvgIpc) is 2.56. The van der Waals surface area contributed by atoms with Crippen molar-refractivity contribution in [3.05, 3.63) is 0 Å². The SMILES string of the molecule is CCCCCCCCCCCC(=O)N(CCC)[C@@H](CCO)C(=O)O.[Na]. The molecule has 1 amide bonds. The first-order chi connectivity index (χ1) is 11.6. The predicted molar refractivity (Wildman–Crippen MR) is 103 cm³/mol. The monoisotopic (exact) mass is 366 g/mol. The van der Waals surface area contributed by atoms with E-state index in [4.69, 9.17) is 5.11 Å². The Balaban J connectivity index is 0. The van der Waals surface area contributed by atoms with Gasteiger partial charge >= 0.3 is 5.97 Å². The maximum atomic E-state index is 12.3. The predicted octanol–water partition coefficient (Wildman–Crippen LogP) is 3.60. The van der Waals surface area contributed by atoms with Gasteiger partial charge in [-0.2, -0.15) is 0 Å². The molecule has 0 aromatic heterocycles. The summed E-state index contributed by atoms with van der Waals surface area (Å²) < 4.78 is 0. The molecule has 0 aliphatic rings. The standard InChI is InChI=1S/C19H37NO4.Na/c1-3-5-6-7-8-9-10-11-12-13-18(22)20(15-4-2)17(14-16-21)19(23)24;/h17,21H,3-16H2,1-2H3,(H,23,24);/t17-;/m0./s1. The van der Waals surface area contributed by atoms with Crippen LogP contribution in [0, 0.1) is 0 Å². The van der Waals surface area contributed by atoms with Gasteiger partial charge in [0.2, 0.25) is 5.91 Å². The number of nitrogens with zero attached hydrogens (tertiary/aromatic N) is 1. The van der Waals surface area contributed by atoms with Crippen molar-refractivity contribution in [2.45, 2.75) is 96.9 Å². The van der Waals surface area contributed by atoms with E-state index in [1.807, 2.05) is 6.92 Å². The molecule has 0 rings (SSSR count). The molecule has 5 nitrogen and oxygen atoms in total. The van der Waals surface area contributed by atoms with E-state index in [2.05, 4.69) is 6.92 Å². The van der Waals surface area contributed by atoms with Crippen LogP contribution >= 0.6 is 0 Å². The average molecular weight is 366 g/mol. The third-order valence-electron chi connectivity index (χ3n) is 4.34. The molecule has 0 aromatic rings. The summed E-state index contributed by atoms with van der Waals surface area (Å²) in [5.74, 6) is -1.13. The minimum atomic E-state index is -1.03. The minimum Gasteiger partial charge on any atom is -0.480 e. The second-order valence-corrected chi connectivity index (χ2v) is 6.53. The first kappa shape index (κ1) is 27.1. The molecule has 1 radical (unpaired) electrons. The van der Waals surface area contributed by atoms with E-state index < -0.39 is 12.0 Å². The van der Waals surface area contributed by atoms with Gasteiger partial charge < -0.3 is 15.1 Å². The number of carbonyl (C=O) groups excluding carboxylic acids is 1. The van der Waals surface area contributed by atoms with Gasteiger partial charge in [0.1, 0.15) is 6.04 Å². The Bertz CT molecular complexity index is 339. The number of carboxylic acids is 1. The zero-order valence-corrected chi connectivity index (χ0v) is 18.6. The number of carboxylic acid groups (broad SMARTS) is 1. The summed E-state index contributed by atoms with van der Waals surface area (Å²) in [4.78, 5) is 25.1. The van der Waals surface area contributed by atoms with Gasteiger partial charge in [-0.1, -0.05) is 65.2 Å². The summed E-state index contributed by atoms with van der Waals surface area (Å²) >= 11 is 0. The third-order valence-corrected chi connectivity index (χ3v) is 4.34. The van der Waals surface area contributed by atoms with Crippen molar-refractivity contribution in [1.29, 1.82) is 0 Å². The fraction of sp³-hybridized carbons (Fsp3) is 0.895. The number of hydrogen-bond acceptors (Lipinski definition) is 3. The van der Waals surface area contributed by atoms with Crippen LogP contribution in [0.15, 0.2) is 0 Å². The van der Waals surface area contributed by atoms with E-state index in [-0.39, 0.29) is 48.5 Å². The minimum absolute atomic E-state index is 0. The Morgan fingerprint density at radius 3 is 1.84 bits per heavy atom. The number of aliphatic hydroxyl groups excluding tert-OH is 1. The first-order valence-corrected chi connectivity index (χ1v) is 9.71. The summed E-state index contributed by atoms with van der Waals surface area (Å²) in [5.41, 5.74) is 0. The van der Waals surface area contributed by atoms with Crippen molar-refractivity contribution in [3.8, 4) is 0 Å². The zero-order chi connectivity index (χ0) is 18.2. The van der Waals surface area contributed by atoms with Gasteiger partial charge in [0.05, 0.1) is 0 Å². The summed E-state index contributed by atoms with van der Waals surface area (Å²) in [6.45, 7) is 4.36. The molecule has 0 saturated carbocycles. The van der Waals surface area contributed by atoms with Crippen LogP contribution in [0.1, 0.15) is 90.9 Å². The van der Waals surface area contributed by atoms with E-state index in [1.165, 1.54) is 43.4 Å². The van der Waals surface area contributed by atoms with Crippen LogP contribution in [0.25, 0.3) is 0 Å². The molecule has 0 unspecified atom stereocenters. The Labute approximate surface area is 175 Å². The molecule has 1 atom stereocenters. The quantitative estimate of drug-likeness (QED) is 0.323. The van der Waals surface area contributed by atoms with Crippen LogP contribution in [0.5, 0.6) is 0 Å². The van der Waals surface area contributed by atoms with Gasteiger partial charge in [0, 0.05) is 55.6 Å². The fourth-order valence-corrected chi connectivity index (χ4v) is 2.96. The van der Waals surface area contributed by atoms with Crippen LogP contribution in [0.4, 0.5) is 0 Å². The molecule has 25 heavy (non-hydrogen) atoms. The van der Waals surface area contributed by atoms with Crippen molar-refractivity contribution < 1.29 is 19.8 Å². The topological polar surface area (TPSA) is 77.8 Å². The smallest absolute Gasteiger partial charge is 0.326 e. The van der Waals surface area contributed by atoms with Crippen LogP contribution in [0.3, 0.4) is 0 Å². The van der Waals surface area contributed by atoms with Crippen molar-refractivity contribution in [1.82, 2.24) is 4.90 Å². The van der Waals surface area contributed by atoms with Crippen molar-refractivity contribution >= 4 is 41.4 Å². The number of aliphatic carboxylic acids is 1. The number of rotatable bonds is 16. The molecule has 0 bridgehead atoms. The van der Waals surface area contributed by atoms with Gasteiger partial charge in [0.25, 0.3) is 0 Å². The zero-order valence-electron chi connectivity index (χ0n) is 16.6. The number of amides is 1. The second-order valence-electron chi connectivity index (χ2n) is 6.53. The number of carbonyl (C=O) groups is 2. The molecular weight excluding hydrogens is 329 g/mol. The van der Waals surface area contributed by atoms with Crippen LogP contribution in [0.2, 0.25) is 0 Å². The molecule has 0 saturated heterocycles. The molecule has 0 aromatic carbocycles. The maximum absolute atomic E-state index is 12.3. The largest absolute Gasteiger partial charge is 0.480 e. The van der Waals surface area contributed by atoms with Gasteiger partial charge in [0.15, 0.2) is 0 Å². The van der Waals surface area contributed by atoms with E-state index in [1.54, 1.807) is 0 Å². The van der Waals surface area contributed by atoms with E-state index in [0.29, 0.717) is 13.0 Å². The van der Waals surface area contributed by atoms with Crippen LogP contribution in [-0.4, -0.2) is 75.7 Å². The van der Waals surface area contributed by atoms with Crippen molar-refractivity contribution in [3.63, 3.8) is 0 Å². The van der Waals surface area contributed by atoms with Gasteiger partial charge in [-0.25, -0.2) is 4.79 Å². The van der Waals surface area contributed by atoms with Gasteiger partial charge in [-0.3, -0.25) is 4.79 Å². The van der Waals surface area contributed by atoms with Crippen LogP contribution < -0.4 is 0 Å². The molecule has 2 N–H and O–H groups in total. The Hall–Kier alpha value is -0.100. The fourth-order valence-electron chi connectivity index (χ4n) is 2.96. The molecule has 143 valence electrons. The van der Waals surface area contributed by atoms with Gasteiger partial charge in [-0.15, -0.1) is 0 Å². The normalized spacial score (nSPS) is 11.6. The number of unbranched alkanes of at least 4 members (excludes halogenated alkanes) is 8. The summed E-state index contributed by atoms with van der Waals surface area (Å²) in [5, 5.41) is 18.3. The summed E-state index contributed by atoms with van der Waals surface area (Å²) in [6.07, 6.45) is 11.9. The maximum Gasteiger partial charge on any atom is 0.326 e.